The number of hydrogen-bond acceptors (Lipinski definition) is 2. The molecule has 0 radical (unpaired) electrons. The first-order chi connectivity index (χ1) is 5.59. The van der Waals surface area contributed by atoms with Gasteiger partial charge in [-0.1, -0.05) is 0 Å². The highest BCUT2D eigenvalue weighted by atomic mass is 79.9. The zero-order chi connectivity index (χ0) is 9.14. The van der Waals surface area contributed by atoms with Gasteiger partial charge in [-0.3, -0.25) is 4.79 Å². The number of guanidine groups is 1. The second-order valence-corrected chi connectivity index (χ2v) is 2.73. The van der Waals surface area contributed by atoms with Crippen LogP contribution in [0.2, 0.25) is 0 Å². The first kappa shape index (κ1) is 8.79. The molecule has 5 nitrogen and oxygen atoms in total. The van der Waals surface area contributed by atoms with E-state index in [9.17, 15) is 4.79 Å². The Morgan fingerprint density at radius 3 is 2.58 bits per heavy atom. The van der Waals surface area contributed by atoms with Crippen LogP contribution in [0.5, 0.6) is 0 Å². The van der Waals surface area contributed by atoms with Gasteiger partial charge in [0.2, 0.25) is 0 Å². The molecule has 6 heteroatoms. The largest absolute Gasteiger partial charge is 0.444 e. The molecule has 0 aliphatic heterocycles. The number of hydrogen-bond donors (Lipinski definition) is 2. The van der Waals surface area contributed by atoms with Gasteiger partial charge in [0.15, 0.2) is 16.4 Å². The average Bonchev–Trinajstić information content (AvgIpc) is 2.34. The maximum atomic E-state index is 11.0. The fraction of sp³-hybridized carbons (Fsp3) is 0. The number of halogens is 1. The highest BCUT2D eigenvalue weighted by Crippen LogP contribution is 2.14. The van der Waals surface area contributed by atoms with Crippen molar-refractivity contribution >= 4 is 27.8 Å². The Morgan fingerprint density at radius 2 is 2.17 bits per heavy atom. The minimum atomic E-state index is -0.597. The quantitative estimate of drug-likeness (QED) is 0.543. The van der Waals surface area contributed by atoms with Crippen LogP contribution in [-0.4, -0.2) is 11.9 Å². The molecule has 0 atom stereocenters. The zero-order valence-corrected chi connectivity index (χ0v) is 7.54. The third-order valence-electron chi connectivity index (χ3n) is 1.01. The van der Waals surface area contributed by atoms with Gasteiger partial charge in [0.05, 0.1) is 0 Å². The highest BCUT2D eigenvalue weighted by Gasteiger charge is 2.08. The standard InChI is InChI=1S/C6H6BrN3O2/c7-4-2-1-3(12-4)5(11)10-6(8)9/h1-2H,(H4,8,9,10,11). The Bertz CT molecular complexity index is 327. The van der Waals surface area contributed by atoms with Gasteiger partial charge >= 0.3 is 5.91 Å². The lowest BCUT2D eigenvalue weighted by atomic mass is 10.4. The van der Waals surface area contributed by atoms with Gasteiger partial charge in [0, 0.05) is 0 Å². The SMILES string of the molecule is NC(N)=NC(=O)c1ccc(Br)o1. The highest BCUT2D eigenvalue weighted by molar-refractivity contribution is 9.10. The van der Waals surface area contributed by atoms with Crippen LogP contribution >= 0.6 is 15.9 Å². The van der Waals surface area contributed by atoms with Crippen LogP contribution in [0.4, 0.5) is 0 Å². The zero-order valence-electron chi connectivity index (χ0n) is 5.95. The lowest BCUT2D eigenvalue weighted by Gasteiger charge is -1.88. The Hall–Kier alpha value is -1.30. The Balaban J connectivity index is 2.86. The average molecular weight is 232 g/mol. The molecule has 0 bridgehead atoms. The van der Waals surface area contributed by atoms with Gasteiger partial charge < -0.3 is 15.9 Å². The minimum Gasteiger partial charge on any atom is -0.444 e. The predicted molar refractivity (Wildman–Crippen MR) is 46.5 cm³/mol. The third kappa shape index (κ3) is 2.09. The van der Waals surface area contributed by atoms with Crippen LogP contribution in [0.1, 0.15) is 10.6 Å². The van der Waals surface area contributed by atoms with E-state index in [2.05, 4.69) is 20.9 Å². The van der Waals surface area contributed by atoms with Crippen molar-refractivity contribution in [2.24, 2.45) is 16.5 Å². The molecule has 0 saturated heterocycles. The van der Waals surface area contributed by atoms with E-state index >= 15 is 0 Å². The van der Waals surface area contributed by atoms with E-state index in [1.165, 1.54) is 6.07 Å². The van der Waals surface area contributed by atoms with Crippen molar-refractivity contribution in [3.8, 4) is 0 Å². The van der Waals surface area contributed by atoms with Crippen molar-refractivity contribution in [2.45, 2.75) is 0 Å². The fourth-order valence-electron chi connectivity index (χ4n) is 0.602. The molecule has 0 aliphatic carbocycles. The second kappa shape index (κ2) is 3.40. The van der Waals surface area contributed by atoms with E-state index in [0.29, 0.717) is 4.67 Å². The van der Waals surface area contributed by atoms with E-state index in [4.69, 9.17) is 15.9 Å². The van der Waals surface area contributed by atoms with Crippen LogP contribution in [0, 0.1) is 0 Å². The molecule has 0 unspecified atom stereocenters. The summed E-state index contributed by atoms with van der Waals surface area (Å²) in [4.78, 5) is 14.3. The number of aliphatic imine (C=N–C) groups is 1. The van der Waals surface area contributed by atoms with Gasteiger partial charge in [0.1, 0.15) is 0 Å². The molecular weight excluding hydrogens is 226 g/mol. The smallest absolute Gasteiger partial charge is 0.315 e. The summed E-state index contributed by atoms with van der Waals surface area (Å²) in [5.74, 6) is -0.788. The lowest BCUT2D eigenvalue weighted by molar-refractivity contribution is 0.0975. The second-order valence-electron chi connectivity index (χ2n) is 1.95. The fourth-order valence-corrected chi connectivity index (χ4v) is 0.908. The van der Waals surface area contributed by atoms with Crippen molar-refractivity contribution in [2.75, 3.05) is 0 Å². The maximum absolute atomic E-state index is 11.0. The summed E-state index contributed by atoms with van der Waals surface area (Å²) in [7, 11) is 0. The summed E-state index contributed by atoms with van der Waals surface area (Å²) in [6.07, 6.45) is 0. The Morgan fingerprint density at radius 1 is 1.50 bits per heavy atom. The first-order valence-electron chi connectivity index (χ1n) is 2.99. The lowest BCUT2D eigenvalue weighted by Crippen LogP contribution is -2.24. The molecule has 1 rings (SSSR count). The van der Waals surface area contributed by atoms with Crippen molar-refractivity contribution in [3.63, 3.8) is 0 Å². The predicted octanol–water partition coefficient (Wildman–Crippen LogP) is 0.456. The van der Waals surface area contributed by atoms with Crippen molar-refractivity contribution in [1.29, 1.82) is 0 Å². The summed E-state index contributed by atoms with van der Waals surface area (Å²) in [6.45, 7) is 0. The van der Waals surface area contributed by atoms with Gasteiger partial charge in [-0.05, 0) is 28.1 Å². The molecule has 0 spiro atoms. The van der Waals surface area contributed by atoms with E-state index in [0.717, 1.165) is 0 Å². The maximum Gasteiger partial charge on any atom is 0.315 e. The van der Waals surface area contributed by atoms with Gasteiger partial charge in [-0.25, -0.2) is 0 Å². The van der Waals surface area contributed by atoms with Crippen LogP contribution in [-0.2, 0) is 0 Å². The number of furan rings is 1. The molecule has 0 aliphatic rings. The van der Waals surface area contributed by atoms with Crippen molar-refractivity contribution in [1.82, 2.24) is 0 Å². The van der Waals surface area contributed by atoms with E-state index < -0.39 is 5.91 Å². The van der Waals surface area contributed by atoms with Crippen molar-refractivity contribution in [3.05, 3.63) is 22.6 Å². The molecular formula is C6H6BrN3O2. The minimum absolute atomic E-state index is 0.0928. The summed E-state index contributed by atoms with van der Waals surface area (Å²) in [5.41, 5.74) is 9.98. The molecule has 0 fully saturated rings. The molecule has 4 N–H and O–H groups in total. The molecule has 1 aromatic rings. The van der Waals surface area contributed by atoms with Gasteiger partial charge in [-0.15, -0.1) is 0 Å². The number of rotatable bonds is 1. The van der Waals surface area contributed by atoms with Gasteiger partial charge in [-0.2, -0.15) is 4.99 Å². The van der Waals surface area contributed by atoms with Crippen LogP contribution in [0.25, 0.3) is 0 Å². The molecule has 1 amide bonds. The molecule has 0 aromatic carbocycles. The van der Waals surface area contributed by atoms with Crippen molar-refractivity contribution < 1.29 is 9.21 Å². The third-order valence-corrected chi connectivity index (χ3v) is 1.44. The first-order valence-corrected chi connectivity index (χ1v) is 3.78. The number of nitrogens with zero attached hydrogens (tertiary/aromatic N) is 1. The summed E-state index contributed by atoms with van der Waals surface area (Å²) in [6, 6.07) is 3.05. The number of amides is 1. The number of nitrogens with two attached hydrogens (primary N) is 2. The van der Waals surface area contributed by atoms with E-state index in [1.807, 2.05) is 0 Å². The normalized spacial score (nSPS) is 9.42. The van der Waals surface area contributed by atoms with E-state index in [1.54, 1.807) is 6.07 Å². The molecule has 1 heterocycles. The Labute approximate surface area is 76.6 Å². The summed E-state index contributed by atoms with van der Waals surface area (Å²) < 4.78 is 5.35. The monoisotopic (exact) mass is 231 g/mol. The molecule has 64 valence electrons. The molecule has 0 saturated carbocycles. The van der Waals surface area contributed by atoms with Crippen LogP contribution in [0.15, 0.2) is 26.2 Å². The van der Waals surface area contributed by atoms with E-state index in [-0.39, 0.29) is 11.7 Å². The molecule has 12 heavy (non-hydrogen) atoms. The van der Waals surface area contributed by atoms with Gasteiger partial charge in [0.25, 0.3) is 0 Å². The number of carbonyl (C=O) groups excluding carboxylic acids is 1. The van der Waals surface area contributed by atoms with Crippen LogP contribution < -0.4 is 11.5 Å². The van der Waals surface area contributed by atoms with Crippen LogP contribution in [0.3, 0.4) is 0 Å². The number of carbonyl (C=O) groups is 1. The Kier molecular flexibility index (Phi) is 2.49. The molecule has 1 aromatic heterocycles. The summed E-state index contributed by atoms with van der Waals surface area (Å²) in [5, 5.41) is 0. The summed E-state index contributed by atoms with van der Waals surface area (Å²) >= 11 is 3.04. The topological polar surface area (TPSA) is 94.6 Å².